The second-order valence-electron chi connectivity index (χ2n) is 6.88. The van der Waals surface area contributed by atoms with Crippen LogP contribution in [0, 0.1) is 13.8 Å². The normalized spacial score (nSPS) is 17.7. The van der Waals surface area contributed by atoms with Gasteiger partial charge in [0.25, 0.3) is 0 Å². The third-order valence-electron chi connectivity index (χ3n) is 5.11. The molecule has 8 heteroatoms. The topological polar surface area (TPSA) is 77.5 Å². The first-order valence-electron chi connectivity index (χ1n) is 9.02. The van der Waals surface area contributed by atoms with Gasteiger partial charge in [0.2, 0.25) is 0 Å². The molecule has 0 N–H and O–H groups in total. The number of aryl methyl sites for hydroxylation is 2. The lowest BCUT2D eigenvalue weighted by atomic mass is 9.97. The summed E-state index contributed by atoms with van der Waals surface area (Å²) < 4.78 is 4.23. The van der Waals surface area contributed by atoms with Gasteiger partial charge in [-0.3, -0.25) is 0 Å². The molecular formula is C18H24N8. The lowest BCUT2D eigenvalue weighted by Gasteiger charge is -2.33. The predicted molar refractivity (Wildman–Crippen MR) is 98.0 cm³/mol. The van der Waals surface area contributed by atoms with Crippen LogP contribution >= 0.6 is 0 Å². The monoisotopic (exact) mass is 352 g/mol. The number of anilines is 1. The zero-order valence-corrected chi connectivity index (χ0v) is 15.5. The Labute approximate surface area is 152 Å². The van der Waals surface area contributed by atoms with Gasteiger partial charge < -0.3 is 14.0 Å². The van der Waals surface area contributed by atoms with Gasteiger partial charge in [0, 0.05) is 44.6 Å². The average molecular weight is 352 g/mol. The summed E-state index contributed by atoms with van der Waals surface area (Å²) in [6.45, 7) is 6.55. The highest BCUT2D eigenvalue weighted by atomic mass is 15.3. The molecule has 1 aliphatic heterocycles. The van der Waals surface area contributed by atoms with Crippen LogP contribution < -0.4 is 4.90 Å². The van der Waals surface area contributed by atoms with Gasteiger partial charge in [0.15, 0.2) is 5.82 Å². The highest BCUT2D eigenvalue weighted by molar-refractivity contribution is 5.38. The van der Waals surface area contributed by atoms with Crippen LogP contribution in [0.1, 0.15) is 42.1 Å². The minimum absolute atomic E-state index is 0.356. The van der Waals surface area contributed by atoms with Crippen molar-refractivity contribution in [3.05, 3.63) is 48.0 Å². The zero-order valence-electron chi connectivity index (χ0n) is 15.5. The van der Waals surface area contributed by atoms with E-state index in [0.29, 0.717) is 12.5 Å². The molecule has 1 saturated heterocycles. The summed E-state index contributed by atoms with van der Waals surface area (Å²) in [5.41, 5.74) is 0. The lowest BCUT2D eigenvalue weighted by Crippen LogP contribution is -2.36. The second kappa shape index (κ2) is 6.86. The number of aromatic nitrogens is 7. The molecule has 0 spiro atoms. The van der Waals surface area contributed by atoms with Crippen LogP contribution in [0.15, 0.2) is 24.7 Å². The van der Waals surface area contributed by atoms with Crippen LogP contribution in [0.4, 0.5) is 5.82 Å². The molecule has 0 aliphatic carbocycles. The largest absolute Gasteiger partial charge is 0.356 e. The molecule has 26 heavy (non-hydrogen) atoms. The van der Waals surface area contributed by atoms with Crippen molar-refractivity contribution in [1.82, 2.24) is 34.3 Å². The molecule has 0 saturated carbocycles. The van der Waals surface area contributed by atoms with E-state index in [9.17, 15) is 0 Å². The van der Waals surface area contributed by atoms with Gasteiger partial charge in [0.05, 0.1) is 6.54 Å². The number of nitrogens with zero attached hydrogens (tertiary/aromatic N) is 8. The molecule has 0 amide bonds. The molecule has 0 unspecified atom stereocenters. The van der Waals surface area contributed by atoms with E-state index in [0.717, 1.165) is 55.0 Å². The van der Waals surface area contributed by atoms with E-state index in [4.69, 9.17) is 0 Å². The molecule has 4 heterocycles. The molecule has 136 valence electrons. The summed E-state index contributed by atoms with van der Waals surface area (Å²) in [6, 6.07) is 1.99. The van der Waals surface area contributed by atoms with E-state index >= 15 is 0 Å². The van der Waals surface area contributed by atoms with Crippen molar-refractivity contribution in [3.63, 3.8) is 0 Å². The maximum Gasteiger partial charge on any atom is 0.152 e. The summed E-state index contributed by atoms with van der Waals surface area (Å²) in [4.78, 5) is 15.4. The first-order valence-corrected chi connectivity index (χ1v) is 9.02. The summed E-state index contributed by atoms with van der Waals surface area (Å²) in [7, 11) is 2.06. The van der Waals surface area contributed by atoms with Gasteiger partial charge >= 0.3 is 0 Å². The summed E-state index contributed by atoms with van der Waals surface area (Å²) in [5.74, 6) is 5.15. The first-order chi connectivity index (χ1) is 12.6. The zero-order chi connectivity index (χ0) is 18.1. The Bertz CT molecular complexity index is 896. The Morgan fingerprint density at radius 3 is 2.81 bits per heavy atom. The van der Waals surface area contributed by atoms with Crippen LogP contribution in [-0.2, 0) is 13.6 Å². The van der Waals surface area contributed by atoms with Crippen molar-refractivity contribution in [2.75, 3.05) is 18.0 Å². The molecule has 0 radical (unpaired) electrons. The highest BCUT2D eigenvalue weighted by Gasteiger charge is 2.26. The minimum atomic E-state index is 0.356. The van der Waals surface area contributed by atoms with Gasteiger partial charge in [0.1, 0.15) is 23.3 Å². The van der Waals surface area contributed by atoms with Crippen molar-refractivity contribution in [2.24, 2.45) is 7.05 Å². The Morgan fingerprint density at radius 2 is 2.04 bits per heavy atom. The second-order valence-corrected chi connectivity index (χ2v) is 6.88. The fourth-order valence-corrected chi connectivity index (χ4v) is 3.61. The molecular weight excluding hydrogens is 328 g/mol. The number of piperidine rings is 1. The maximum atomic E-state index is 4.57. The van der Waals surface area contributed by atoms with E-state index < -0.39 is 0 Å². The van der Waals surface area contributed by atoms with Crippen LogP contribution in [-0.4, -0.2) is 47.4 Å². The van der Waals surface area contributed by atoms with Gasteiger partial charge in [-0.25, -0.2) is 15.0 Å². The molecule has 3 aromatic heterocycles. The molecule has 1 fully saturated rings. The molecule has 1 aliphatic rings. The van der Waals surface area contributed by atoms with Gasteiger partial charge in [-0.1, -0.05) is 0 Å². The summed E-state index contributed by atoms with van der Waals surface area (Å²) in [5, 5.41) is 8.95. The minimum Gasteiger partial charge on any atom is -0.356 e. The van der Waals surface area contributed by atoms with Crippen LogP contribution in [0.2, 0.25) is 0 Å². The first kappa shape index (κ1) is 16.7. The van der Waals surface area contributed by atoms with E-state index in [2.05, 4.69) is 46.2 Å². The van der Waals surface area contributed by atoms with Crippen molar-refractivity contribution in [1.29, 1.82) is 0 Å². The Balaban J connectivity index is 1.53. The standard InChI is InChI=1S/C18H24N8/c1-13-19-7-6-16(21-13)26-9-4-5-15(11-26)18-23-22-17(24(18)3)12-25-10-8-20-14(25)2/h6-8,10,15H,4-5,9,11-12H2,1-3H3/t15-/m1/s1. The maximum absolute atomic E-state index is 4.57. The molecule has 0 bridgehead atoms. The van der Waals surface area contributed by atoms with Crippen LogP contribution in [0.25, 0.3) is 0 Å². The molecule has 8 nitrogen and oxygen atoms in total. The van der Waals surface area contributed by atoms with Gasteiger partial charge in [-0.15, -0.1) is 10.2 Å². The SMILES string of the molecule is Cc1nccc(N2CCC[C@@H](c3nnc(Cn4ccnc4C)n3C)C2)n1. The third kappa shape index (κ3) is 3.18. The van der Waals surface area contributed by atoms with E-state index in [1.807, 2.05) is 38.5 Å². The van der Waals surface area contributed by atoms with Crippen molar-refractivity contribution < 1.29 is 0 Å². The molecule has 1 atom stereocenters. The van der Waals surface area contributed by atoms with E-state index in [1.54, 1.807) is 0 Å². The summed E-state index contributed by atoms with van der Waals surface area (Å²) >= 11 is 0. The van der Waals surface area contributed by atoms with E-state index in [1.165, 1.54) is 0 Å². The van der Waals surface area contributed by atoms with Gasteiger partial charge in [-0.2, -0.15) is 0 Å². The number of hydrogen-bond acceptors (Lipinski definition) is 6. The number of hydrogen-bond donors (Lipinski definition) is 0. The van der Waals surface area contributed by atoms with Crippen molar-refractivity contribution in [3.8, 4) is 0 Å². The highest BCUT2D eigenvalue weighted by Crippen LogP contribution is 2.28. The quantitative estimate of drug-likeness (QED) is 0.713. The number of rotatable bonds is 4. The van der Waals surface area contributed by atoms with Crippen molar-refractivity contribution in [2.45, 2.75) is 39.2 Å². The molecule has 4 rings (SSSR count). The van der Waals surface area contributed by atoms with Crippen molar-refractivity contribution >= 4 is 5.82 Å². The number of imidazole rings is 1. The van der Waals surface area contributed by atoms with Crippen LogP contribution in [0.3, 0.4) is 0 Å². The van der Waals surface area contributed by atoms with Crippen LogP contribution in [0.5, 0.6) is 0 Å². The smallest absolute Gasteiger partial charge is 0.152 e. The van der Waals surface area contributed by atoms with Gasteiger partial charge in [-0.05, 0) is 32.8 Å². The predicted octanol–water partition coefficient (Wildman–Crippen LogP) is 1.85. The fourth-order valence-electron chi connectivity index (χ4n) is 3.61. The molecule has 3 aromatic rings. The Morgan fingerprint density at radius 1 is 1.15 bits per heavy atom. The molecule has 0 aromatic carbocycles. The average Bonchev–Trinajstić information content (AvgIpc) is 3.22. The third-order valence-corrected chi connectivity index (χ3v) is 5.11. The Kier molecular flexibility index (Phi) is 4.40. The Hall–Kier alpha value is -2.77. The van der Waals surface area contributed by atoms with E-state index in [-0.39, 0.29) is 0 Å². The fraction of sp³-hybridized carbons (Fsp3) is 0.500. The lowest BCUT2D eigenvalue weighted by molar-refractivity contribution is 0.475. The summed E-state index contributed by atoms with van der Waals surface area (Å²) in [6.07, 6.45) is 7.86.